The van der Waals surface area contributed by atoms with Gasteiger partial charge in [0.05, 0.1) is 45.3 Å². The lowest BCUT2D eigenvalue weighted by Crippen LogP contribution is -2.61. The number of aromatic hydroxyl groups is 1. The summed E-state index contributed by atoms with van der Waals surface area (Å²) in [5.41, 5.74) is 28.3. The number of thiol groups is 1. The van der Waals surface area contributed by atoms with Gasteiger partial charge in [0.25, 0.3) is 0 Å². The molecule has 2 rings (SSSR count). The predicted molar refractivity (Wildman–Crippen MR) is 411 cm³/mol. The van der Waals surface area contributed by atoms with Gasteiger partial charge in [0.15, 0.2) is 11.9 Å². The first-order chi connectivity index (χ1) is 53.7. The third-order valence-electron chi connectivity index (χ3n) is 16.9. The summed E-state index contributed by atoms with van der Waals surface area (Å²) in [5, 5.41) is 92.9. The Morgan fingerprint density at radius 1 is 0.439 bits per heavy atom. The molecule has 2 aromatic rings. The number of hydrogen-bond donors (Lipinski definition) is 28. The second-order valence-corrected chi connectivity index (χ2v) is 27.2. The number of phenols is 1. The summed E-state index contributed by atoms with van der Waals surface area (Å²) in [5.74, 6) is -19.8. The first-order valence-electron chi connectivity index (χ1n) is 36.2. The second kappa shape index (κ2) is 51.5. The minimum Gasteiger partial charge on any atom is -0.508 e. The fourth-order valence-corrected chi connectivity index (χ4v) is 10.7. The molecule has 32 N–H and O–H groups in total. The Bertz CT molecular complexity index is 3660. The van der Waals surface area contributed by atoms with Gasteiger partial charge in [0.2, 0.25) is 94.5 Å². The van der Waals surface area contributed by atoms with E-state index in [4.69, 9.17) is 39.5 Å². The number of benzene rings is 2. The van der Waals surface area contributed by atoms with Crippen LogP contribution in [0.4, 0.5) is 0 Å². The number of carbonyl (C=O) groups is 17. The molecule has 0 aliphatic carbocycles. The van der Waals surface area contributed by atoms with Crippen molar-refractivity contribution in [3.63, 3.8) is 0 Å². The minimum absolute atomic E-state index is 0.0283. The molecule has 0 unspecified atom stereocenters. The molecule has 0 heterocycles. The molecule has 632 valence electrons. The largest absolute Gasteiger partial charge is 0.508 e. The molecule has 0 fully saturated rings. The monoisotopic (exact) mass is 1630 g/mol. The van der Waals surface area contributed by atoms with Gasteiger partial charge in [-0.05, 0) is 80.5 Å². The highest BCUT2D eigenvalue weighted by atomic mass is 32.1. The summed E-state index contributed by atoms with van der Waals surface area (Å²) in [7, 11) is 0. The Labute approximate surface area is 661 Å². The number of nitrogens with one attached hydrogen (secondary N) is 18. The topological polar surface area (TPSA) is 741 Å². The van der Waals surface area contributed by atoms with Crippen LogP contribution in [0, 0.1) is 22.7 Å². The molecule has 0 radical (unpaired) electrons. The van der Waals surface area contributed by atoms with Gasteiger partial charge < -0.3 is 134 Å². The molecule has 0 aromatic heterocycles. The van der Waals surface area contributed by atoms with Crippen molar-refractivity contribution in [2.75, 3.05) is 51.7 Å². The van der Waals surface area contributed by atoms with Gasteiger partial charge in [0, 0.05) is 38.1 Å². The van der Waals surface area contributed by atoms with Crippen LogP contribution in [0.3, 0.4) is 0 Å². The lowest BCUT2D eigenvalue weighted by atomic mass is 9.97. The van der Waals surface area contributed by atoms with Crippen molar-refractivity contribution in [2.45, 2.75) is 178 Å². The molecule has 2 aromatic carbocycles. The van der Waals surface area contributed by atoms with E-state index < -0.39 is 243 Å². The van der Waals surface area contributed by atoms with E-state index in [2.05, 4.69) is 97.7 Å². The second-order valence-electron chi connectivity index (χ2n) is 26.8. The molecule has 44 nitrogen and oxygen atoms in total. The van der Waals surface area contributed by atoms with E-state index in [0.29, 0.717) is 24.0 Å². The van der Waals surface area contributed by atoms with Crippen molar-refractivity contribution in [1.82, 2.24) is 85.1 Å². The van der Waals surface area contributed by atoms with Crippen LogP contribution in [0.2, 0.25) is 0 Å². The molecule has 114 heavy (non-hydrogen) atoms. The van der Waals surface area contributed by atoms with Crippen molar-refractivity contribution in [1.29, 1.82) is 10.8 Å². The highest BCUT2D eigenvalue weighted by Crippen LogP contribution is 2.15. The van der Waals surface area contributed by atoms with Crippen molar-refractivity contribution in [3.8, 4) is 5.75 Å². The van der Waals surface area contributed by atoms with Gasteiger partial charge in [-0.1, -0.05) is 76.6 Å². The number of primary amides is 2. The summed E-state index contributed by atoms with van der Waals surface area (Å²) >= 11 is 4.11. The Kier molecular flexibility index (Phi) is 44.3. The maximum Gasteiger partial charge on any atom is 0.326 e. The zero-order chi connectivity index (χ0) is 85.9. The minimum atomic E-state index is -1.94. The van der Waals surface area contributed by atoms with Crippen LogP contribution in [-0.4, -0.2) is 257 Å². The number of aliphatic hydroxyl groups excluding tert-OH is 2. The lowest BCUT2D eigenvalue weighted by molar-refractivity contribution is -0.142. The standard InChI is InChI=1S/C69H109N23O21S/c1-6-35(4)55(92-57(102)40(70)14-10-22-77-68(73)74)66(111)81-28-52(98)82-36(5)56(101)85-42(20-21-50(71)96)61(106)90-47(31-93)59(104)80-29-53(99)83-43(24-34(2)3)58(103)79-30-54(100)84-49(33-114)65(110)88-45(27-51(72)97)63(108)91-48(32-94)64(109)87-44(25-37-12-8-7-9-13-37)62(107)86-41(15-11-23-78-69(75)76)60(105)89-46(67(112)113)26-38-16-18-39(95)19-17-38/h7-9,12-13,16-19,34-36,40-49,55,93-95,114H,6,10-11,14-15,20-33,70H2,1-5H3,(H2,71,96)(H2,72,97)(H,79,103)(H,80,104)(H,81,111)(H,82,98)(H,83,99)(H,84,100)(H,85,101)(H,86,107)(H,87,109)(H,88,110)(H,89,105)(H,90,106)(H,91,108)(H,92,102)(H,112,113)(H4,73,74,77)(H4,75,76,78)/t35-,36-,40-,41-,42-,43-,44-,45-,46-,47-,48-,49-,55-/m0/s1. The van der Waals surface area contributed by atoms with Crippen LogP contribution < -0.4 is 114 Å². The summed E-state index contributed by atoms with van der Waals surface area (Å²) in [4.78, 5) is 226. The Morgan fingerprint density at radius 3 is 1.37 bits per heavy atom. The number of rotatable bonds is 53. The zero-order valence-electron chi connectivity index (χ0n) is 63.8. The van der Waals surface area contributed by atoms with Crippen LogP contribution >= 0.6 is 12.6 Å². The number of guanidine groups is 2. The molecule has 13 atom stereocenters. The summed E-state index contributed by atoms with van der Waals surface area (Å²) in [6, 6.07) is -4.98. The third kappa shape index (κ3) is 38.3. The number of phenolic OH excluding ortho intramolecular Hbond substituents is 1. The number of carbonyl (C=O) groups excluding carboxylic acids is 16. The van der Waals surface area contributed by atoms with Crippen molar-refractivity contribution < 1.29 is 102 Å². The first-order valence-corrected chi connectivity index (χ1v) is 36.8. The lowest BCUT2D eigenvalue weighted by Gasteiger charge is -2.27. The van der Waals surface area contributed by atoms with Crippen molar-refractivity contribution >= 4 is 125 Å². The molecule has 0 aliphatic rings. The van der Waals surface area contributed by atoms with Gasteiger partial charge >= 0.3 is 5.97 Å². The third-order valence-corrected chi connectivity index (χ3v) is 17.2. The van der Waals surface area contributed by atoms with Crippen LogP contribution in [0.15, 0.2) is 54.6 Å². The van der Waals surface area contributed by atoms with E-state index in [9.17, 15) is 102 Å². The average Bonchev–Trinajstić information content (AvgIpc) is 0.905. The quantitative estimate of drug-likeness (QED) is 0.0127. The summed E-state index contributed by atoms with van der Waals surface area (Å²) in [6.45, 7) is 3.60. The Morgan fingerprint density at radius 2 is 0.860 bits per heavy atom. The van der Waals surface area contributed by atoms with Gasteiger partial charge in [0.1, 0.15) is 72.2 Å². The highest BCUT2D eigenvalue weighted by molar-refractivity contribution is 7.80. The maximum atomic E-state index is 14.3. The average molecular weight is 1630 g/mol. The molecule has 16 amide bonds. The van der Waals surface area contributed by atoms with E-state index in [-0.39, 0.29) is 69.2 Å². The predicted octanol–water partition coefficient (Wildman–Crippen LogP) is -10.0. The number of carboxylic acid groups (broad SMARTS) is 1. The molecule has 0 bridgehead atoms. The SMILES string of the molecule is CC[C@H](C)[C@H](NC(=O)[C@@H](N)CCCNC(=N)N)C(=O)NCC(=O)N[C@@H](C)C(=O)N[C@@H](CCC(N)=O)C(=O)N[C@@H](CO)C(=O)NCC(=O)N[C@@H](CC(C)C)C(=O)NCC(=O)N[C@@H](CS)C(=O)N[C@@H](CC(N)=O)C(=O)N[C@@H](CO)C(=O)N[C@@H](Cc1ccccc1)C(=O)N[C@@H](CCCNC(=N)N)C(=O)N[C@@H](Cc1ccc(O)cc1)C(=O)O. The van der Waals surface area contributed by atoms with Crippen molar-refractivity contribution in [2.24, 2.45) is 40.5 Å². The van der Waals surface area contributed by atoms with Crippen LogP contribution in [-0.2, 0) is 94.3 Å². The highest BCUT2D eigenvalue weighted by Gasteiger charge is 2.36. The van der Waals surface area contributed by atoms with Crippen LogP contribution in [0.1, 0.15) is 104 Å². The first kappa shape index (κ1) is 98.1. The molecular weight excluding hydrogens is 1520 g/mol. The molecular formula is C69H109N23O21S. The van der Waals surface area contributed by atoms with Crippen LogP contribution in [0.5, 0.6) is 5.75 Å². The molecule has 0 spiro atoms. The molecule has 0 saturated carbocycles. The molecule has 0 saturated heterocycles. The summed E-state index contributed by atoms with van der Waals surface area (Å²) in [6.07, 6.45) is -1.60. The fourth-order valence-electron chi connectivity index (χ4n) is 10.5. The number of aliphatic carboxylic acids is 1. The van der Waals surface area contributed by atoms with E-state index >= 15 is 0 Å². The number of hydrogen-bond acceptors (Lipinski definition) is 24. The Balaban J connectivity index is 2.14. The van der Waals surface area contributed by atoms with Gasteiger partial charge in [-0.3, -0.25) is 87.5 Å². The number of nitrogens with two attached hydrogens (primary N) is 5. The number of carboxylic acids is 1. The normalized spacial score (nSPS) is 14.3. The Hall–Kier alpha value is -12.0. The number of aliphatic hydroxyl groups is 2. The van der Waals surface area contributed by atoms with Crippen molar-refractivity contribution in [3.05, 3.63) is 65.7 Å². The summed E-state index contributed by atoms with van der Waals surface area (Å²) < 4.78 is 0. The molecule has 0 aliphatic heterocycles. The maximum absolute atomic E-state index is 14.3. The molecule has 45 heteroatoms. The van der Waals surface area contributed by atoms with Gasteiger partial charge in [-0.25, -0.2) is 4.79 Å². The zero-order valence-corrected chi connectivity index (χ0v) is 64.7. The smallest absolute Gasteiger partial charge is 0.326 e. The van der Waals surface area contributed by atoms with Crippen LogP contribution in [0.25, 0.3) is 0 Å². The van der Waals surface area contributed by atoms with E-state index in [1.54, 1.807) is 58.0 Å². The van der Waals surface area contributed by atoms with E-state index in [0.717, 1.165) is 0 Å². The van der Waals surface area contributed by atoms with Gasteiger partial charge in [-0.15, -0.1) is 0 Å². The number of amides is 16. The van der Waals surface area contributed by atoms with E-state index in [1.165, 1.54) is 31.2 Å². The fraction of sp³-hybridized carbons (Fsp3) is 0.551. The van der Waals surface area contributed by atoms with Gasteiger partial charge in [-0.2, -0.15) is 12.6 Å². The van der Waals surface area contributed by atoms with E-state index in [1.807, 2.05) is 0 Å².